The Morgan fingerprint density at radius 1 is 0.300 bits per heavy atom. The van der Waals surface area contributed by atoms with Crippen molar-refractivity contribution in [2.24, 2.45) is 0 Å². The Kier molecular flexibility index (Phi) is 68.6. The highest BCUT2D eigenvalue weighted by Gasteiger charge is 2.30. The van der Waals surface area contributed by atoms with Crippen LogP contribution in [-0.4, -0.2) is 96.7 Å². The maximum absolute atomic E-state index is 13.1. The fourth-order valence-corrected chi connectivity index (χ4v) is 11.2. The average Bonchev–Trinajstić information content (AvgIpc) is 0.985. The summed E-state index contributed by atoms with van der Waals surface area (Å²) in [5, 5.41) is 10.6. The molecule has 0 saturated carbocycles. The summed E-state index contributed by atoms with van der Waals surface area (Å²) >= 11 is 0. The molecule has 0 radical (unpaired) electrons. The topological polar surface area (TPSA) is 237 Å². The molecule has 17 nitrogen and oxygen atoms in total. The molecule has 0 amide bonds. The van der Waals surface area contributed by atoms with Crippen LogP contribution in [-0.2, 0) is 65.4 Å². The molecule has 570 valence electrons. The number of phosphoric ester groups is 2. The number of unbranched alkanes of at least 4 members (excludes halogenated alkanes) is 21. The number of carbonyl (C=O) groups excluding carboxylic acids is 4. The lowest BCUT2D eigenvalue weighted by atomic mass is 10.1. The van der Waals surface area contributed by atoms with E-state index in [-0.39, 0.29) is 25.7 Å². The number of ether oxygens (including phenoxy) is 4. The quantitative estimate of drug-likeness (QED) is 0.0169. The zero-order valence-electron chi connectivity index (χ0n) is 62.1. The Morgan fingerprint density at radius 3 is 0.920 bits per heavy atom. The molecule has 0 aliphatic carbocycles. The predicted molar refractivity (Wildman–Crippen MR) is 408 cm³/mol. The minimum absolute atomic E-state index is 0.0654. The SMILES string of the molecule is CC/C=C\C/C=C\C/C=C\C/C=C\C/C=C\CCCCCC(=O)OCC(COP(=O)(O)OCC(O)COP(=O)(O)OCC(COC(=O)C/C=C\C/C=C\C/C=C\C/C=C\C/C=C\CC)OC(=O)CCCCCCCCCCCCC)OC(=O)CCCCCCC/C=C\C/C=C\CCCCC. The van der Waals surface area contributed by atoms with Crippen molar-refractivity contribution in [2.75, 3.05) is 39.6 Å². The Hall–Kier alpha value is -5.06. The molecule has 100 heavy (non-hydrogen) atoms. The molecule has 0 aromatic heterocycles. The van der Waals surface area contributed by atoms with Crippen molar-refractivity contribution in [3.05, 3.63) is 146 Å². The van der Waals surface area contributed by atoms with Gasteiger partial charge < -0.3 is 33.8 Å². The van der Waals surface area contributed by atoms with Crippen molar-refractivity contribution in [2.45, 2.75) is 303 Å². The van der Waals surface area contributed by atoms with Crippen molar-refractivity contribution >= 4 is 39.5 Å². The molecule has 0 bridgehead atoms. The van der Waals surface area contributed by atoms with Crippen LogP contribution in [0.25, 0.3) is 0 Å². The normalized spacial score (nSPS) is 14.8. The molecule has 5 atom stereocenters. The molecule has 0 saturated heterocycles. The fraction of sp³-hybridized carbons (Fsp3) is 0.654. The van der Waals surface area contributed by atoms with Crippen molar-refractivity contribution in [3.63, 3.8) is 0 Å². The molecular weight excluding hydrogens is 1310 g/mol. The van der Waals surface area contributed by atoms with Crippen molar-refractivity contribution in [3.8, 4) is 0 Å². The van der Waals surface area contributed by atoms with Crippen LogP contribution < -0.4 is 0 Å². The first-order valence-corrected chi connectivity index (χ1v) is 41.1. The molecule has 0 aliphatic heterocycles. The number of carbonyl (C=O) groups is 4. The lowest BCUT2D eigenvalue weighted by molar-refractivity contribution is -0.161. The van der Waals surface area contributed by atoms with E-state index in [1.165, 1.54) is 57.8 Å². The third-order valence-electron chi connectivity index (χ3n) is 15.3. The van der Waals surface area contributed by atoms with Crippen LogP contribution in [0.3, 0.4) is 0 Å². The molecule has 0 fully saturated rings. The Bertz CT molecular complexity index is 2470. The smallest absolute Gasteiger partial charge is 0.462 e. The van der Waals surface area contributed by atoms with E-state index in [4.69, 9.17) is 37.0 Å². The molecule has 0 rings (SSSR count). The number of aliphatic hydroxyl groups excluding tert-OH is 1. The Labute approximate surface area is 605 Å². The molecule has 3 N–H and O–H groups in total. The van der Waals surface area contributed by atoms with E-state index in [9.17, 15) is 43.2 Å². The van der Waals surface area contributed by atoms with Gasteiger partial charge in [-0.05, 0) is 128 Å². The highest BCUT2D eigenvalue weighted by atomic mass is 31.2. The molecule has 0 aliphatic rings. The van der Waals surface area contributed by atoms with E-state index in [0.717, 1.165) is 148 Å². The first-order valence-electron chi connectivity index (χ1n) is 38.1. The van der Waals surface area contributed by atoms with Crippen LogP contribution >= 0.6 is 15.6 Å². The van der Waals surface area contributed by atoms with Gasteiger partial charge in [-0.25, -0.2) is 9.13 Å². The highest BCUT2D eigenvalue weighted by molar-refractivity contribution is 7.47. The van der Waals surface area contributed by atoms with Crippen molar-refractivity contribution in [1.29, 1.82) is 0 Å². The molecule has 19 heteroatoms. The van der Waals surface area contributed by atoms with Crippen LogP contribution in [0, 0.1) is 0 Å². The number of aliphatic hydroxyl groups is 1. The molecule has 0 aromatic carbocycles. The number of phosphoric acid groups is 2. The summed E-state index contributed by atoms with van der Waals surface area (Å²) < 4.78 is 68.3. The highest BCUT2D eigenvalue weighted by Crippen LogP contribution is 2.45. The van der Waals surface area contributed by atoms with E-state index in [2.05, 4.69) is 149 Å². The minimum Gasteiger partial charge on any atom is -0.462 e. The summed E-state index contributed by atoms with van der Waals surface area (Å²) in [6.07, 6.45) is 81.6. The molecule has 0 spiro atoms. The second-order valence-electron chi connectivity index (χ2n) is 24.8. The minimum atomic E-state index is -5.00. The monoisotopic (exact) mass is 1440 g/mol. The van der Waals surface area contributed by atoms with Crippen molar-refractivity contribution in [1.82, 2.24) is 0 Å². The van der Waals surface area contributed by atoms with Crippen LogP contribution in [0.4, 0.5) is 0 Å². The number of rotatable bonds is 70. The van der Waals surface area contributed by atoms with Crippen LogP contribution in [0.15, 0.2) is 146 Å². The summed E-state index contributed by atoms with van der Waals surface area (Å²) in [6.45, 7) is 4.43. The second kappa shape index (κ2) is 72.3. The van der Waals surface area contributed by atoms with Gasteiger partial charge in [0.15, 0.2) is 12.2 Å². The predicted octanol–water partition coefficient (Wildman–Crippen LogP) is 21.9. The zero-order chi connectivity index (χ0) is 73.2. The van der Waals surface area contributed by atoms with Gasteiger partial charge in [0.1, 0.15) is 19.3 Å². The Balaban J connectivity index is 5.44. The van der Waals surface area contributed by atoms with Gasteiger partial charge in [-0.2, -0.15) is 0 Å². The standard InChI is InChI=1S/C81H134O17P2/c1-5-9-13-17-21-25-29-32-35-36-37-38-41-43-47-50-54-58-62-66-79(84)92-72-77(98-81(86)68-64-60-56-52-48-44-40-34-31-27-23-19-15-11-7-3)74-96-100(89,90)94-70-75(82)69-93-99(87,88)95-73-76(97-80(85)67-63-59-55-51-45-28-24-20-16-12-8-4)71-91-78(83)65-61-57-53-49-46-42-39-33-30-26-22-18-14-10-6-2/h9-10,13-14,21-23,25-27,32-35,37-40,43,46-47,49,57,61,75-77,82H,5-8,11-12,15-20,24,28-31,36,41-42,44-45,48,50-56,58-60,62-74H2,1-4H3,(H,87,88)(H,89,90)/b13-9-,14-10-,25-21-,26-22-,27-23-,35-32-,38-37-,39-33-,40-34-,47-43-,49-46-,61-57-. The number of hydrogen-bond donors (Lipinski definition) is 3. The maximum atomic E-state index is 13.1. The number of hydrogen-bond acceptors (Lipinski definition) is 15. The summed E-state index contributed by atoms with van der Waals surface area (Å²) in [5.41, 5.74) is 0. The van der Waals surface area contributed by atoms with E-state index in [1.807, 2.05) is 18.2 Å². The number of esters is 4. The zero-order valence-corrected chi connectivity index (χ0v) is 63.9. The van der Waals surface area contributed by atoms with Gasteiger partial charge >= 0.3 is 39.5 Å². The summed E-state index contributed by atoms with van der Waals surface area (Å²) in [7, 11) is -9.99. The van der Waals surface area contributed by atoms with E-state index in [0.29, 0.717) is 25.7 Å². The largest absolute Gasteiger partial charge is 0.472 e. The van der Waals surface area contributed by atoms with Crippen LogP contribution in [0.5, 0.6) is 0 Å². The van der Waals surface area contributed by atoms with Crippen LogP contribution in [0.1, 0.15) is 285 Å². The lowest BCUT2D eigenvalue weighted by Gasteiger charge is -2.21. The lowest BCUT2D eigenvalue weighted by Crippen LogP contribution is -2.30. The summed E-state index contributed by atoms with van der Waals surface area (Å²) in [4.78, 5) is 72.8. The Morgan fingerprint density at radius 2 is 0.560 bits per heavy atom. The third-order valence-corrected chi connectivity index (χ3v) is 17.2. The summed E-state index contributed by atoms with van der Waals surface area (Å²) in [5.74, 6) is -2.38. The van der Waals surface area contributed by atoms with Crippen molar-refractivity contribution < 1.29 is 80.2 Å². The van der Waals surface area contributed by atoms with Gasteiger partial charge in [0.05, 0.1) is 32.8 Å². The van der Waals surface area contributed by atoms with Gasteiger partial charge in [0.2, 0.25) is 0 Å². The van der Waals surface area contributed by atoms with Gasteiger partial charge in [0.25, 0.3) is 0 Å². The average molecular weight is 1440 g/mol. The van der Waals surface area contributed by atoms with Gasteiger partial charge in [-0.3, -0.25) is 37.3 Å². The third kappa shape index (κ3) is 71.3. The second-order valence-corrected chi connectivity index (χ2v) is 27.8. The van der Waals surface area contributed by atoms with E-state index >= 15 is 0 Å². The van der Waals surface area contributed by atoms with Gasteiger partial charge in [-0.1, -0.05) is 276 Å². The first-order chi connectivity index (χ1) is 48.7. The van der Waals surface area contributed by atoms with Crippen LogP contribution in [0.2, 0.25) is 0 Å². The van der Waals surface area contributed by atoms with Gasteiger partial charge in [0, 0.05) is 19.3 Å². The molecule has 0 aromatic rings. The van der Waals surface area contributed by atoms with E-state index < -0.39 is 97.5 Å². The fourth-order valence-electron chi connectivity index (χ4n) is 9.58. The summed E-state index contributed by atoms with van der Waals surface area (Å²) in [6, 6.07) is 0. The molecular formula is C81H134O17P2. The molecule has 0 heterocycles. The first kappa shape index (κ1) is 94.9. The number of allylic oxidation sites excluding steroid dienone is 23. The molecule has 5 unspecified atom stereocenters. The maximum Gasteiger partial charge on any atom is 0.472 e. The van der Waals surface area contributed by atoms with E-state index in [1.54, 1.807) is 6.08 Å². The van der Waals surface area contributed by atoms with Gasteiger partial charge in [-0.15, -0.1) is 0 Å².